The number of rotatable bonds is 2. The molecule has 6 heteroatoms. The van der Waals surface area contributed by atoms with Gasteiger partial charge in [0.25, 0.3) is 5.91 Å². The first kappa shape index (κ1) is 15.2. The van der Waals surface area contributed by atoms with E-state index in [0.717, 1.165) is 26.1 Å². The minimum absolute atomic E-state index is 0.0630. The predicted octanol–water partition coefficient (Wildman–Crippen LogP) is 1.15. The number of anilines is 1. The van der Waals surface area contributed by atoms with Crippen LogP contribution in [-0.4, -0.2) is 60.5 Å². The van der Waals surface area contributed by atoms with Gasteiger partial charge in [0.2, 0.25) is 5.95 Å². The fourth-order valence-electron chi connectivity index (χ4n) is 3.44. The molecule has 0 spiro atoms. The molecule has 1 N–H and O–H groups in total. The molecule has 0 saturated carbocycles. The Morgan fingerprint density at radius 3 is 2.77 bits per heavy atom. The van der Waals surface area contributed by atoms with Crippen LogP contribution in [0.1, 0.15) is 36.0 Å². The van der Waals surface area contributed by atoms with Crippen LogP contribution in [0, 0.1) is 5.92 Å². The van der Waals surface area contributed by atoms with E-state index in [1.165, 1.54) is 19.3 Å². The zero-order valence-electron chi connectivity index (χ0n) is 13.5. The molecule has 0 aliphatic carbocycles. The minimum atomic E-state index is 0.0630. The van der Waals surface area contributed by atoms with Gasteiger partial charge in [-0.2, -0.15) is 0 Å². The highest BCUT2D eigenvalue weighted by Crippen LogP contribution is 2.25. The number of nitrogens with zero attached hydrogens (tertiary/aromatic N) is 4. The van der Waals surface area contributed by atoms with E-state index in [1.54, 1.807) is 12.4 Å². The van der Waals surface area contributed by atoms with Gasteiger partial charge in [-0.25, -0.2) is 9.97 Å². The Morgan fingerprint density at radius 2 is 2.05 bits per heavy atom. The summed E-state index contributed by atoms with van der Waals surface area (Å²) < 4.78 is 0. The number of carbonyl (C=O) groups excluding carboxylic acids is 1. The summed E-state index contributed by atoms with van der Waals surface area (Å²) in [5, 5.41) is 3.63. The van der Waals surface area contributed by atoms with Crippen molar-refractivity contribution in [1.29, 1.82) is 0 Å². The standard InChI is InChI=1S/C16H25N5O/c1-20(2)16-18-9-13(10-19-16)15(22)21-8-6-14-12(11-21)5-3-4-7-17-14/h9-10,12,14,17H,3-8,11H2,1-2H3/t12-,14+/m0/s1. The molecule has 1 amide bonds. The fraction of sp³-hybridized carbons (Fsp3) is 0.688. The molecule has 3 heterocycles. The molecule has 2 fully saturated rings. The molecule has 2 atom stereocenters. The van der Waals surface area contributed by atoms with E-state index in [1.807, 2.05) is 23.9 Å². The van der Waals surface area contributed by atoms with E-state index >= 15 is 0 Å². The van der Waals surface area contributed by atoms with Crippen LogP contribution < -0.4 is 10.2 Å². The number of piperidine rings is 1. The third kappa shape index (κ3) is 3.21. The van der Waals surface area contributed by atoms with E-state index in [2.05, 4.69) is 15.3 Å². The average molecular weight is 303 g/mol. The molecule has 1 aromatic heterocycles. The number of hydrogen-bond acceptors (Lipinski definition) is 5. The summed E-state index contributed by atoms with van der Waals surface area (Å²) in [6.45, 7) is 2.79. The number of carbonyl (C=O) groups is 1. The van der Waals surface area contributed by atoms with Crippen molar-refractivity contribution in [1.82, 2.24) is 20.2 Å². The van der Waals surface area contributed by atoms with E-state index in [9.17, 15) is 4.79 Å². The largest absolute Gasteiger partial charge is 0.347 e. The second kappa shape index (κ2) is 6.60. The maximum absolute atomic E-state index is 12.7. The van der Waals surface area contributed by atoms with Gasteiger partial charge in [0.15, 0.2) is 0 Å². The lowest BCUT2D eigenvalue weighted by Gasteiger charge is -2.38. The van der Waals surface area contributed by atoms with Crippen molar-refractivity contribution in [2.24, 2.45) is 5.92 Å². The van der Waals surface area contributed by atoms with Crippen molar-refractivity contribution < 1.29 is 4.79 Å². The molecular weight excluding hydrogens is 278 g/mol. The summed E-state index contributed by atoms with van der Waals surface area (Å²) in [4.78, 5) is 24.9. The summed E-state index contributed by atoms with van der Waals surface area (Å²) in [6.07, 6.45) is 8.06. The van der Waals surface area contributed by atoms with Gasteiger partial charge in [-0.15, -0.1) is 0 Å². The SMILES string of the molecule is CN(C)c1ncc(C(=O)N2CC[C@H]3NCCCC[C@H]3C2)cn1. The highest BCUT2D eigenvalue weighted by molar-refractivity contribution is 5.93. The van der Waals surface area contributed by atoms with Gasteiger partial charge in [0, 0.05) is 45.6 Å². The first-order valence-electron chi connectivity index (χ1n) is 8.17. The van der Waals surface area contributed by atoms with Gasteiger partial charge >= 0.3 is 0 Å². The van der Waals surface area contributed by atoms with Crippen LogP contribution in [0.3, 0.4) is 0 Å². The first-order valence-corrected chi connectivity index (χ1v) is 8.17. The zero-order chi connectivity index (χ0) is 15.5. The van der Waals surface area contributed by atoms with Gasteiger partial charge in [0.1, 0.15) is 0 Å². The van der Waals surface area contributed by atoms with Gasteiger partial charge in [0.05, 0.1) is 5.56 Å². The maximum Gasteiger partial charge on any atom is 0.257 e. The van der Waals surface area contributed by atoms with Crippen LogP contribution in [0.2, 0.25) is 0 Å². The molecule has 0 radical (unpaired) electrons. The molecule has 22 heavy (non-hydrogen) atoms. The van der Waals surface area contributed by atoms with Crippen molar-refractivity contribution in [2.75, 3.05) is 38.6 Å². The third-order valence-electron chi connectivity index (χ3n) is 4.71. The quantitative estimate of drug-likeness (QED) is 0.888. The third-order valence-corrected chi connectivity index (χ3v) is 4.71. The number of fused-ring (bicyclic) bond motifs is 1. The Bertz CT molecular complexity index is 516. The summed E-state index contributed by atoms with van der Waals surface area (Å²) in [7, 11) is 3.78. The Hall–Kier alpha value is -1.69. The summed E-state index contributed by atoms with van der Waals surface area (Å²) in [5.74, 6) is 1.28. The van der Waals surface area contributed by atoms with Crippen molar-refractivity contribution >= 4 is 11.9 Å². The number of hydrogen-bond donors (Lipinski definition) is 1. The van der Waals surface area contributed by atoms with E-state index in [-0.39, 0.29) is 5.91 Å². The lowest BCUT2D eigenvalue weighted by atomic mass is 9.89. The van der Waals surface area contributed by atoms with E-state index in [4.69, 9.17) is 0 Å². The van der Waals surface area contributed by atoms with Crippen LogP contribution in [0.15, 0.2) is 12.4 Å². The van der Waals surface area contributed by atoms with Gasteiger partial charge < -0.3 is 15.1 Å². The number of nitrogens with one attached hydrogen (secondary N) is 1. The van der Waals surface area contributed by atoms with Crippen LogP contribution in [0.5, 0.6) is 0 Å². The topological polar surface area (TPSA) is 61.4 Å². The van der Waals surface area contributed by atoms with Crippen molar-refractivity contribution in [2.45, 2.75) is 31.7 Å². The lowest BCUT2D eigenvalue weighted by Crippen LogP contribution is -2.50. The van der Waals surface area contributed by atoms with Crippen LogP contribution in [0.25, 0.3) is 0 Å². The van der Waals surface area contributed by atoms with Crippen LogP contribution >= 0.6 is 0 Å². The molecule has 2 aliphatic heterocycles. The summed E-state index contributed by atoms with van der Waals surface area (Å²) >= 11 is 0. The van der Waals surface area contributed by atoms with Crippen LogP contribution in [-0.2, 0) is 0 Å². The summed E-state index contributed by atoms with van der Waals surface area (Å²) in [6, 6.07) is 0.582. The summed E-state index contributed by atoms with van der Waals surface area (Å²) in [5.41, 5.74) is 0.589. The van der Waals surface area contributed by atoms with Crippen LogP contribution in [0.4, 0.5) is 5.95 Å². The van der Waals surface area contributed by atoms with Gasteiger partial charge in [-0.1, -0.05) is 6.42 Å². The molecule has 2 saturated heterocycles. The van der Waals surface area contributed by atoms with Gasteiger partial charge in [-0.3, -0.25) is 4.79 Å². The molecule has 3 rings (SSSR count). The average Bonchev–Trinajstić information content (AvgIpc) is 2.78. The predicted molar refractivity (Wildman–Crippen MR) is 86.0 cm³/mol. The highest BCUT2D eigenvalue weighted by atomic mass is 16.2. The molecule has 0 aromatic carbocycles. The number of aromatic nitrogens is 2. The Labute approximate surface area is 131 Å². The molecular formula is C16H25N5O. The van der Waals surface area contributed by atoms with Gasteiger partial charge in [-0.05, 0) is 31.7 Å². The van der Waals surface area contributed by atoms with Crippen molar-refractivity contribution in [3.05, 3.63) is 18.0 Å². The van der Waals surface area contributed by atoms with E-state index in [0.29, 0.717) is 23.5 Å². The molecule has 6 nitrogen and oxygen atoms in total. The number of amides is 1. The fourth-order valence-corrected chi connectivity index (χ4v) is 3.44. The minimum Gasteiger partial charge on any atom is -0.347 e. The molecule has 0 unspecified atom stereocenters. The van der Waals surface area contributed by atoms with Crippen molar-refractivity contribution in [3.63, 3.8) is 0 Å². The smallest absolute Gasteiger partial charge is 0.257 e. The molecule has 1 aromatic rings. The highest BCUT2D eigenvalue weighted by Gasteiger charge is 2.32. The second-order valence-electron chi connectivity index (χ2n) is 6.52. The monoisotopic (exact) mass is 303 g/mol. The first-order chi connectivity index (χ1) is 10.6. The van der Waals surface area contributed by atoms with E-state index < -0.39 is 0 Å². The molecule has 120 valence electrons. The Balaban J connectivity index is 1.67. The molecule has 0 bridgehead atoms. The zero-order valence-corrected chi connectivity index (χ0v) is 13.5. The number of likely N-dealkylation sites (tertiary alicyclic amines) is 1. The van der Waals surface area contributed by atoms with Crippen molar-refractivity contribution in [3.8, 4) is 0 Å². The normalized spacial score (nSPS) is 25.3. The second-order valence-corrected chi connectivity index (χ2v) is 6.52. The maximum atomic E-state index is 12.7. The lowest BCUT2D eigenvalue weighted by molar-refractivity contribution is 0.0630. The Morgan fingerprint density at radius 1 is 1.27 bits per heavy atom. The Kier molecular flexibility index (Phi) is 4.57. The molecule has 2 aliphatic rings.